The van der Waals surface area contributed by atoms with Crippen LogP contribution in [0.5, 0.6) is 0 Å². The minimum atomic E-state index is -0.541. The second-order valence-corrected chi connectivity index (χ2v) is 6.49. The first-order valence-corrected chi connectivity index (χ1v) is 9.13. The third-order valence-corrected chi connectivity index (χ3v) is 4.68. The number of esters is 1. The molecule has 0 unspecified atom stereocenters. The molecule has 1 aliphatic rings. The summed E-state index contributed by atoms with van der Waals surface area (Å²) in [6, 6.07) is 6.84. The van der Waals surface area contributed by atoms with Gasteiger partial charge in [-0.25, -0.2) is 9.78 Å². The van der Waals surface area contributed by atoms with Crippen molar-refractivity contribution in [2.75, 3.05) is 11.5 Å². The summed E-state index contributed by atoms with van der Waals surface area (Å²) in [5.74, 6) is -0.400. The Morgan fingerprint density at radius 1 is 1.37 bits per heavy atom. The van der Waals surface area contributed by atoms with Gasteiger partial charge >= 0.3 is 11.7 Å². The number of anilines is 2. The van der Waals surface area contributed by atoms with Gasteiger partial charge < -0.3 is 9.64 Å². The van der Waals surface area contributed by atoms with E-state index < -0.39 is 10.9 Å². The molecule has 0 spiro atoms. The first-order chi connectivity index (χ1) is 13.0. The normalized spacial score (nSPS) is 14.1. The first kappa shape index (κ1) is 19.0. The minimum Gasteiger partial charge on any atom is -0.462 e. The zero-order valence-electron chi connectivity index (χ0n) is 14.8. The summed E-state index contributed by atoms with van der Waals surface area (Å²) in [7, 11) is 0. The lowest BCUT2D eigenvalue weighted by atomic mass is 10.1. The molecule has 3 rings (SSSR count). The van der Waals surface area contributed by atoms with E-state index in [1.54, 1.807) is 36.1 Å². The summed E-state index contributed by atoms with van der Waals surface area (Å²) in [6.07, 6.45) is 4.75. The molecular weight excluding hydrogens is 372 g/mol. The van der Waals surface area contributed by atoms with E-state index in [1.165, 1.54) is 0 Å². The summed E-state index contributed by atoms with van der Waals surface area (Å²) in [6.45, 7) is 1.96. The number of benzene rings is 1. The maximum Gasteiger partial charge on any atom is 0.340 e. The largest absolute Gasteiger partial charge is 0.462 e. The molecule has 0 bridgehead atoms. The summed E-state index contributed by atoms with van der Waals surface area (Å²) in [5.41, 5.74) is 0.584. The van der Waals surface area contributed by atoms with Crippen molar-refractivity contribution in [3.05, 3.63) is 51.4 Å². The predicted octanol–water partition coefficient (Wildman–Crippen LogP) is 4.30. The Hall–Kier alpha value is -2.74. The number of nitrogens with zero attached hydrogens (tertiary/aromatic N) is 4. The predicted molar refractivity (Wildman–Crippen MR) is 100 cm³/mol. The van der Waals surface area contributed by atoms with Gasteiger partial charge in [0.2, 0.25) is 11.1 Å². The Balaban J connectivity index is 2.19. The summed E-state index contributed by atoms with van der Waals surface area (Å²) in [5, 5.41) is 11.5. The average molecular weight is 391 g/mol. The average Bonchev–Trinajstić information content (AvgIpc) is 3.16. The van der Waals surface area contributed by atoms with Crippen LogP contribution in [-0.2, 0) is 4.74 Å². The van der Waals surface area contributed by atoms with E-state index >= 15 is 0 Å². The minimum absolute atomic E-state index is 0.0368. The van der Waals surface area contributed by atoms with Crippen LogP contribution in [0.2, 0.25) is 5.28 Å². The number of carbonyl (C=O) groups excluding carboxylic acids is 1. The zero-order valence-corrected chi connectivity index (χ0v) is 15.6. The van der Waals surface area contributed by atoms with Crippen LogP contribution in [0.1, 0.15) is 43.0 Å². The van der Waals surface area contributed by atoms with Gasteiger partial charge in [0, 0.05) is 6.04 Å². The number of para-hydroxylation sites is 1. The number of ether oxygens (including phenoxy) is 1. The number of carbonyl (C=O) groups is 1. The number of hydrogen-bond donors (Lipinski definition) is 0. The quantitative estimate of drug-likeness (QED) is 0.314. The van der Waals surface area contributed by atoms with E-state index in [4.69, 9.17) is 16.3 Å². The van der Waals surface area contributed by atoms with Crippen LogP contribution in [0.15, 0.2) is 30.5 Å². The summed E-state index contributed by atoms with van der Waals surface area (Å²) in [4.78, 5) is 33.1. The van der Waals surface area contributed by atoms with Gasteiger partial charge in [-0.05, 0) is 43.5 Å². The molecule has 27 heavy (non-hydrogen) atoms. The Morgan fingerprint density at radius 3 is 2.74 bits per heavy atom. The Morgan fingerprint density at radius 2 is 2.07 bits per heavy atom. The molecule has 2 aromatic rings. The topological polar surface area (TPSA) is 98.5 Å². The Labute approximate surface area is 161 Å². The summed E-state index contributed by atoms with van der Waals surface area (Å²) >= 11 is 5.95. The lowest BCUT2D eigenvalue weighted by molar-refractivity contribution is -0.384. The molecule has 0 aliphatic heterocycles. The molecule has 1 heterocycles. The lowest BCUT2D eigenvalue weighted by Gasteiger charge is -2.31. The molecule has 1 aliphatic carbocycles. The maximum atomic E-state index is 12.5. The van der Waals surface area contributed by atoms with Gasteiger partial charge in [-0.3, -0.25) is 10.1 Å². The van der Waals surface area contributed by atoms with Crippen LogP contribution in [0.4, 0.5) is 17.2 Å². The highest BCUT2D eigenvalue weighted by Crippen LogP contribution is 2.40. The zero-order chi connectivity index (χ0) is 19.4. The van der Waals surface area contributed by atoms with Crippen molar-refractivity contribution in [2.45, 2.75) is 38.6 Å². The van der Waals surface area contributed by atoms with Gasteiger partial charge in [0.1, 0.15) is 6.20 Å². The highest BCUT2D eigenvalue weighted by molar-refractivity contribution is 6.28. The van der Waals surface area contributed by atoms with Crippen molar-refractivity contribution >= 4 is 34.8 Å². The van der Waals surface area contributed by atoms with E-state index in [0.29, 0.717) is 11.3 Å². The number of rotatable bonds is 6. The van der Waals surface area contributed by atoms with Gasteiger partial charge in [-0.15, -0.1) is 0 Å². The first-order valence-electron chi connectivity index (χ1n) is 8.75. The van der Waals surface area contributed by atoms with Crippen molar-refractivity contribution in [3.63, 3.8) is 0 Å². The molecule has 0 radical (unpaired) electrons. The van der Waals surface area contributed by atoms with Gasteiger partial charge in [0.05, 0.1) is 22.8 Å². The molecule has 0 atom stereocenters. The third-order valence-electron chi connectivity index (χ3n) is 4.49. The van der Waals surface area contributed by atoms with Crippen LogP contribution in [0.25, 0.3) is 0 Å². The van der Waals surface area contributed by atoms with Gasteiger partial charge in [-0.2, -0.15) is 4.98 Å². The molecular formula is C18H19ClN4O4. The van der Waals surface area contributed by atoms with Gasteiger partial charge in [0.25, 0.3) is 0 Å². The highest BCUT2D eigenvalue weighted by Gasteiger charge is 2.33. The molecule has 0 saturated heterocycles. The van der Waals surface area contributed by atoms with E-state index in [2.05, 4.69) is 9.97 Å². The van der Waals surface area contributed by atoms with E-state index in [1.807, 2.05) is 0 Å². The van der Waals surface area contributed by atoms with Crippen LogP contribution in [0, 0.1) is 10.1 Å². The third kappa shape index (κ3) is 4.00. The SMILES string of the molecule is CCOC(=O)c1ccccc1N(c1nc(Cl)ncc1[N+](=O)[O-])C1CCCC1. The second-order valence-electron chi connectivity index (χ2n) is 6.15. The van der Waals surface area contributed by atoms with E-state index in [-0.39, 0.29) is 29.4 Å². The Bertz CT molecular complexity index is 855. The maximum absolute atomic E-state index is 12.5. The van der Waals surface area contributed by atoms with Crippen molar-refractivity contribution in [1.82, 2.24) is 9.97 Å². The number of nitro groups is 1. The molecule has 1 aromatic heterocycles. The smallest absolute Gasteiger partial charge is 0.340 e. The fourth-order valence-electron chi connectivity index (χ4n) is 3.36. The van der Waals surface area contributed by atoms with Crippen LogP contribution >= 0.6 is 11.6 Å². The molecule has 8 nitrogen and oxygen atoms in total. The van der Waals surface area contributed by atoms with Gasteiger partial charge in [-0.1, -0.05) is 25.0 Å². The van der Waals surface area contributed by atoms with Crippen LogP contribution in [-0.4, -0.2) is 33.5 Å². The van der Waals surface area contributed by atoms with Crippen LogP contribution < -0.4 is 4.90 Å². The van der Waals surface area contributed by atoms with Crippen molar-refractivity contribution in [2.24, 2.45) is 0 Å². The fourth-order valence-corrected chi connectivity index (χ4v) is 3.49. The van der Waals surface area contributed by atoms with Gasteiger partial charge in [0.15, 0.2) is 0 Å². The number of aromatic nitrogens is 2. The number of halogens is 1. The van der Waals surface area contributed by atoms with Crippen molar-refractivity contribution < 1.29 is 14.5 Å². The molecule has 0 N–H and O–H groups in total. The second kappa shape index (κ2) is 8.30. The number of hydrogen-bond acceptors (Lipinski definition) is 7. The standard InChI is InChI=1S/C18H19ClN4O4/c1-2-27-17(24)13-9-5-6-10-14(13)22(12-7-3-4-8-12)16-15(23(25)26)11-20-18(19)21-16/h5-6,9-12H,2-4,7-8H2,1H3. The fraction of sp³-hybridized carbons (Fsp3) is 0.389. The van der Waals surface area contributed by atoms with Crippen molar-refractivity contribution in [1.29, 1.82) is 0 Å². The molecule has 0 amide bonds. The van der Waals surface area contributed by atoms with Crippen LogP contribution in [0.3, 0.4) is 0 Å². The van der Waals surface area contributed by atoms with E-state index in [0.717, 1.165) is 31.9 Å². The summed E-state index contributed by atoms with van der Waals surface area (Å²) < 4.78 is 5.16. The molecule has 1 aromatic carbocycles. The highest BCUT2D eigenvalue weighted by atomic mass is 35.5. The molecule has 9 heteroatoms. The Kier molecular flexibility index (Phi) is 5.85. The molecule has 1 saturated carbocycles. The monoisotopic (exact) mass is 390 g/mol. The lowest BCUT2D eigenvalue weighted by Crippen LogP contribution is -2.31. The van der Waals surface area contributed by atoms with E-state index in [9.17, 15) is 14.9 Å². The molecule has 1 fully saturated rings. The van der Waals surface area contributed by atoms with Crippen molar-refractivity contribution in [3.8, 4) is 0 Å². The molecule has 142 valence electrons.